The highest BCUT2D eigenvalue weighted by molar-refractivity contribution is 7.89. The van der Waals surface area contributed by atoms with Crippen LogP contribution in [0, 0.1) is 20.8 Å². The highest BCUT2D eigenvalue weighted by Gasteiger charge is 2.20. The molecule has 0 saturated carbocycles. The zero-order valence-corrected chi connectivity index (χ0v) is 17.4. The Hall–Kier alpha value is -3.03. The molecule has 0 amide bonds. The van der Waals surface area contributed by atoms with Crippen molar-refractivity contribution in [2.45, 2.75) is 32.2 Å². The fourth-order valence-corrected chi connectivity index (χ4v) is 4.71. The van der Waals surface area contributed by atoms with Crippen molar-refractivity contribution in [3.8, 4) is 5.69 Å². The molecule has 0 bridgehead atoms. The molecule has 0 unspecified atom stereocenters. The van der Waals surface area contributed by atoms with Gasteiger partial charge in [0.2, 0.25) is 10.0 Å². The van der Waals surface area contributed by atoms with E-state index in [1.807, 2.05) is 55.8 Å². The van der Waals surface area contributed by atoms with Gasteiger partial charge in [-0.25, -0.2) is 17.8 Å². The second-order valence-corrected chi connectivity index (χ2v) is 8.74. The van der Waals surface area contributed by atoms with Crippen LogP contribution in [0.5, 0.6) is 0 Å². The van der Waals surface area contributed by atoms with Gasteiger partial charge in [-0.3, -0.25) is 4.98 Å². The zero-order valence-electron chi connectivity index (χ0n) is 16.5. The highest BCUT2D eigenvalue weighted by atomic mass is 32.2. The number of aryl methyl sites for hydroxylation is 2. The van der Waals surface area contributed by atoms with E-state index in [9.17, 15) is 8.42 Å². The molecular weight excluding hydrogens is 384 g/mol. The van der Waals surface area contributed by atoms with Gasteiger partial charge in [-0.15, -0.1) is 0 Å². The number of rotatable bonds is 5. The molecule has 7 heteroatoms. The average Bonchev–Trinajstić information content (AvgIpc) is 3.01. The first-order valence-corrected chi connectivity index (χ1v) is 10.8. The molecule has 0 fully saturated rings. The molecule has 0 spiro atoms. The Kier molecular flexibility index (Phi) is 4.94. The first-order chi connectivity index (χ1) is 13.9. The van der Waals surface area contributed by atoms with E-state index in [4.69, 9.17) is 0 Å². The number of sulfonamides is 1. The first kappa shape index (κ1) is 19.3. The Balaban J connectivity index is 1.67. The fraction of sp³-hybridized carbons (Fsp3) is 0.182. The van der Waals surface area contributed by atoms with Crippen LogP contribution in [0.2, 0.25) is 0 Å². The van der Waals surface area contributed by atoms with Crippen molar-refractivity contribution in [2.24, 2.45) is 0 Å². The number of benzene rings is 2. The number of hydrogen-bond donors (Lipinski definition) is 1. The van der Waals surface area contributed by atoms with Crippen LogP contribution in [0.3, 0.4) is 0 Å². The smallest absolute Gasteiger partial charge is 0.241 e. The lowest BCUT2D eigenvalue weighted by atomic mass is 10.1. The van der Waals surface area contributed by atoms with Crippen LogP contribution in [0.25, 0.3) is 16.6 Å². The minimum Gasteiger partial charge on any atom is -0.256 e. The molecule has 0 atom stereocenters. The van der Waals surface area contributed by atoms with Crippen molar-refractivity contribution in [2.75, 3.05) is 0 Å². The second-order valence-electron chi connectivity index (χ2n) is 7.00. The average molecular weight is 407 g/mol. The van der Waals surface area contributed by atoms with Crippen LogP contribution in [0.1, 0.15) is 22.5 Å². The molecule has 0 radical (unpaired) electrons. The minimum absolute atomic E-state index is 0.169. The molecule has 0 aliphatic heterocycles. The van der Waals surface area contributed by atoms with Crippen LogP contribution >= 0.6 is 0 Å². The molecule has 0 saturated heterocycles. The van der Waals surface area contributed by atoms with E-state index in [1.54, 1.807) is 30.5 Å². The molecule has 0 aliphatic carbocycles. The summed E-state index contributed by atoms with van der Waals surface area (Å²) in [5.74, 6) is 0. The first-order valence-electron chi connectivity index (χ1n) is 9.33. The number of nitrogens with one attached hydrogen (secondary N) is 1. The van der Waals surface area contributed by atoms with Gasteiger partial charge in [-0.2, -0.15) is 5.10 Å². The van der Waals surface area contributed by atoms with Gasteiger partial charge in [0.05, 0.1) is 21.8 Å². The molecule has 2 aromatic heterocycles. The van der Waals surface area contributed by atoms with Crippen molar-refractivity contribution >= 4 is 20.9 Å². The highest BCUT2D eigenvalue weighted by Crippen LogP contribution is 2.25. The standard InChI is InChI=1S/C22H22N4O2S/c1-15-11-12-21(19-10-7-13-23-22(15)19)29(27,28)24-14-20-16(2)25-26(17(20)3)18-8-5-4-6-9-18/h4-13,24H,14H2,1-3H3. The van der Waals surface area contributed by atoms with Gasteiger partial charge in [0.1, 0.15) is 0 Å². The van der Waals surface area contributed by atoms with Gasteiger partial charge >= 0.3 is 0 Å². The lowest BCUT2D eigenvalue weighted by molar-refractivity contribution is 0.582. The molecular formula is C22H22N4O2S. The Labute approximate surface area is 170 Å². The van der Waals surface area contributed by atoms with Crippen molar-refractivity contribution in [1.29, 1.82) is 0 Å². The van der Waals surface area contributed by atoms with Gasteiger partial charge < -0.3 is 0 Å². The molecule has 2 heterocycles. The number of para-hydroxylation sites is 1. The van der Waals surface area contributed by atoms with Crippen molar-refractivity contribution in [3.05, 3.63) is 83.3 Å². The monoisotopic (exact) mass is 406 g/mol. The Morgan fingerprint density at radius 3 is 2.48 bits per heavy atom. The van der Waals surface area contributed by atoms with Crippen LogP contribution in [0.15, 0.2) is 65.7 Å². The van der Waals surface area contributed by atoms with E-state index in [0.29, 0.717) is 10.9 Å². The number of hydrogen-bond acceptors (Lipinski definition) is 4. The predicted molar refractivity (Wildman–Crippen MR) is 114 cm³/mol. The summed E-state index contributed by atoms with van der Waals surface area (Å²) in [5.41, 5.74) is 5.15. The van der Waals surface area contributed by atoms with E-state index in [2.05, 4.69) is 14.8 Å². The third kappa shape index (κ3) is 3.54. The molecule has 1 N–H and O–H groups in total. The van der Waals surface area contributed by atoms with Gasteiger partial charge in [0, 0.05) is 29.4 Å². The van der Waals surface area contributed by atoms with Crippen molar-refractivity contribution < 1.29 is 8.42 Å². The van der Waals surface area contributed by atoms with Crippen LogP contribution in [-0.4, -0.2) is 23.2 Å². The quantitative estimate of drug-likeness (QED) is 0.547. The van der Waals surface area contributed by atoms with Crippen LogP contribution < -0.4 is 4.72 Å². The molecule has 29 heavy (non-hydrogen) atoms. The summed E-state index contributed by atoms with van der Waals surface area (Å²) < 4.78 is 30.7. The van der Waals surface area contributed by atoms with Gasteiger partial charge in [-0.1, -0.05) is 24.3 Å². The summed E-state index contributed by atoms with van der Waals surface area (Å²) in [6, 6.07) is 16.7. The van der Waals surface area contributed by atoms with E-state index < -0.39 is 10.0 Å². The summed E-state index contributed by atoms with van der Waals surface area (Å²) in [4.78, 5) is 4.57. The topological polar surface area (TPSA) is 76.9 Å². The molecule has 2 aromatic carbocycles. The van der Waals surface area contributed by atoms with E-state index >= 15 is 0 Å². The summed E-state index contributed by atoms with van der Waals surface area (Å²) in [6.45, 7) is 5.93. The minimum atomic E-state index is -3.72. The summed E-state index contributed by atoms with van der Waals surface area (Å²) >= 11 is 0. The fourth-order valence-electron chi connectivity index (χ4n) is 3.52. The summed E-state index contributed by atoms with van der Waals surface area (Å²) in [5, 5.41) is 5.21. The maximum absolute atomic E-state index is 13.1. The Morgan fingerprint density at radius 1 is 0.966 bits per heavy atom. The number of fused-ring (bicyclic) bond motifs is 1. The number of nitrogens with zero attached hydrogens (tertiary/aromatic N) is 3. The molecule has 148 valence electrons. The molecule has 0 aliphatic rings. The maximum Gasteiger partial charge on any atom is 0.241 e. The normalized spacial score (nSPS) is 11.8. The SMILES string of the molecule is Cc1nn(-c2ccccc2)c(C)c1CNS(=O)(=O)c1ccc(C)c2ncccc12. The summed E-state index contributed by atoms with van der Waals surface area (Å²) in [6.07, 6.45) is 1.67. The lowest BCUT2D eigenvalue weighted by Crippen LogP contribution is -2.24. The number of pyridine rings is 1. The second kappa shape index (κ2) is 7.42. The predicted octanol–water partition coefficient (Wildman–Crippen LogP) is 3.82. The van der Waals surface area contributed by atoms with Crippen LogP contribution in [-0.2, 0) is 16.6 Å². The summed E-state index contributed by atoms with van der Waals surface area (Å²) in [7, 11) is -3.72. The molecule has 6 nitrogen and oxygen atoms in total. The third-order valence-electron chi connectivity index (χ3n) is 5.10. The third-order valence-corrected chi connectivity index (χ3v) is 6.56. The Bertz CT molecular complexity index is 1300. The van der Waals surface area contributed by atoms with Crippen LogP contribution in [0.4, 0.5) is 0 Å². The number of aromatic nitrogens is 3. The lowest BCUT2D eigenvalue weighted by Gasteiger charge is -2.11. The van der Waals surface area contributed by atoms with Gasteiger partial charge in [-0.05, 0) is 56.7 Å². The maximum atomic E-state index is 13.1. The van der Waals surface area contributed by atoms with Gasteiger partial charge in [0.25, 0.3) is 0 Å². The van der Waals surface area contributed by atoms with Crippen molar-refractivity contribution in [3.63, 3.8) is 0 Å². The van der Waals surface area contributed by atoms with E-state index in [0.717, 1.165) is 28.2 Å². The largest absolute Gasteiger partial charge is 0.256 e. The van der Waals surface area contributed by atoms with E-state index in [-0.39, 0.29) is 11.4 Å². The van der Waals surface area contributed by atoms with Crippen molar-refractivity contribution in [1.82, 2.24) is 19.5 Å². The Morgan fingerprint density at radius 2 is 1.72 bits per heavy atom. The molecule has 4 rings (SSSR count). The molecule has 4 aromatic rings. The van der Waals surface area contributed by atoms with Gasteiger partial charge in [0.15, 0.2) is 0 Å². The zero-order chi connectivity index (χ0) is 20.6. The van der Waals surface area contributed by atoms with E-state index in [1.165, 1.54) is 0 Å².